The first-order valence-corrected chi connectivity index (χ1v) is 5.81. The number of rotatable bonds is 3. The number of hydrogen-bond acceptors (Lipinski definition) is 2. The minimum Gasteiger partial charge on any atom is -0.377 e. The van der Waals surface area contributed by atoms with Gasteiger partial charge in [-0.3, -0.25) is 4.90 Å². The van der Waals surface area contributed by atoms with Gasteiger partial charge in [-0.25, -0.2) is 4.39 Å². The van der Waals surface area contributed by atoms with Crippen molar-refractivity contribution in [3.05, 3.63) is 11.9 Å². The lowest BCUT2D eigenvalue weighted by Gasteiger charge is -2.32. The minimum absolute atomic E-state index is 0.113. The zero-order valence-corrected chi connectivity index (χ0v) is 9.63. The van der Waals surface area contributed by atoms with Gasteiger partial charge in [-0.05, 0) is 45.2 Å². The van der Waals surface area contributed by atoms with Crippen LogP contribution in [0.3, 0.4) is 0 Å². The van der Waals surface area contributed by atoms with Crippen molar-refractivity contribution in [3.63, 3.8) is 0 Å². The molecule has 0 aromatic heterocycles. The number of hydrogen-bond donors (Lipinski definition) is 0. The summed E-state index contributed by atoms with van der Waals surface area (Å²) >= 11 is 0. The zero-order valence-electron chi connectivity index (χ0n) is 9.63. The molecule has 0 aromatic carbocycles. The summed E-state index contributed by atoms with van der Waals surface area (Å²) in [5.41, 5.74) is 1.05. The van der Waals surface area contributed by atoms with E-state index in [0.717, 1.165) is 44.4 Å². The lowest BCUT2D eigenvalue weighted by Crippen LogP contribution is -2.43. The van der Waals surface area contributed by atoms with Gasteiger partial charge in [-0.2, -0.15) is 0 Å². The zero-order chi connectivity index (χ0) is 10.9. The van der Waals surface area contributed by atoms with Crippen molar-refractivity contribution in [2.24, 2.45) is 0 Å². The number of nitrogens with zero attached hydrogens (tertiary/aromatic N) is 1. The molecule has 2 nitrogen and oxygen atoms in total. The van der Waals surface area contributed by atoms with Crippen LogP contribution in [-0.4, -0.2) is 36.2 Å². The predicted octanol–water partition coefficient (Wildman–Crippen LogP) is 2.50. The third-order valence-electron chi connectivity index (χ3n) is 3.53. The van der Waals surface area contributed by atoms with Crippen molar-refractivity contribution in [1.29, 1.82) is 0 Å². The van der Waals surface area contributed by atoms with Crippen molar-refractivity contribution in [3.8, 4) is 0 Å². The smallest absolute Gasteiger partial charge is 0.0872 e. The summed E-state index contributed by atoms with van der Waals surface area (Å²) in [7, 11) is 0. The average Bonchev–Trinajstić information content (AvgIpc) is 2.70. The van der Waals surface area contributed by atoms with Crippen LogP contribution in [0.5, 0.6) is 0 Å². The summed E-state index contributed by atoms with van der Waals surface area (Å²) < 4.78 is 18.3. The summed E-state index contributed by atoms with van der Waals surface area (Å²) in [4.78, 5) is 2.39. The highest BCUT2D eigenvalue weighted by Crippen LogP contribution is 2.41. The van der Waals surface area contributed by atoms with E-state index < -0.39 is 0 Å². The Morgan fingerprint density at radius 2 is 2.40 bits per heavy atom. The minimum atomic E-state index is 0.113. The van der Waals surface area contributed by atoms with Crippen molar-refractivity contribution in [1.82, 2.24) is 4.90 Å². The molecule has 2 aliphatic rings. The van der Waals surface area contributed by atoms with Crippen molar-refractivity contribution in [2.75, 3.05) is 19.7 Å². The van der Waals surface area contributed by atoms with E-state index in [-0.39, 0.29) is 11.6 Å². The molecule has 0 saturated carbocycles. The molecule has 3 heteroatoms. The molecule has 0 bridgehead atoms. The highest BCUT2D eigenvalue weighted by molar-refractivity contribution is 5.19. The lowest BCUT2D eigenvalue weighted by molar-refractivity contribution is 0.00328. The number of fused-ring (bicyclic) bond motifs is 1. The monoisotopic (exact) mass is 213 g/mol. The van der Waals surface area contributed by atoms with Gasteiger partial charge < -0.3 is 4.74 Å². The first-order chi connectivity index (χ1) is 7.16. The van der Waals surface area contributed by atoms with E-state index in [1.54, 1.807) is 0 Å². The van der Waals surface area contributed by atoms with E-state index in [1.807, 2.05) is 0 Å². The van der Waals surface area contributed by atoms with E-state index in [1.165, 1.54) is 6.42 Å². The SMILES string of the molecule is CC(C)OC[C@@]12CCCN1C/C(=C/F)C2. The van der Waals surface area contributed by atoms with Crippen molar-refractivity contribution < 1.29 is 9.13 Å². The fraction of sp³-hybridized carbons (Fsp3) is 0.833. The summed E-state index contributed by atoms with van der Waals surface area (Å²) in [6.07, 6.45) is 4.28. The highest BCUT2D eigenvalue weighted by atomic mass is 19.1. The van der Waals surface area contributed by atoms with E-state index in [4.69, 9.17) is 4.74 Å². The van der Waals surface area contributed by atoms with Gasteiger partial charge in [-0.1, -0.05) is 0 Å². The molecule has 1 atom stereocenters. The van der Waals surface area contributed by atoms with Crippen LogP contribution in [-0.2, 0) is 4.74 Å². The second-order valence-electron chi connectivity index (χ2n) is 5.05. The van der Waals surface area contributed by atoms with Crippen LogP contribution in [0.15, 0.2) is 11.9 Å². The van der Waals surface area contributed by atoms with E-state index in [9.17, 15) is 4.39 Å². The Hall–Kier alpha value is -0.410. The molecule has 0 aliphatic carbocycles. The molecule has 2 heterocycles. The standard InChI is InChI=1S/C12H20FNO/c1-10(2)15-9-12-4-3-5-14(12)8-11(6-12)7-13/h7,10H,3-6,8-9H2,1-2H3/b11-7+/t12-/m0/s1. The molecular formula is C12H20FNO. The van der Waals surface area contributed by atoms with Crippen LogP contribution in [0.1, 0.15) is 33.1 Å². The molecule has 0 amide bonds. The Bertz CT molecular complexity index is 264. The molecule has 0 spiro atoms. The third kappa shape index (κ3) is 2.08. The molecule has 2 aliphatic heterocycles. The van der Waals surface area contributed by atoms with Crippen LogP contribution in [0, 0.1) is 0 Å². The first kappa shape index (κ1) is 11.1. The molecule has 0 radical (unpaired) electrons. The van der Waals surface area contributed by atoms with Crippen molar-refractivity contribution in [2.45, 2.75) is 44.8 Å². The van der Waals surface area contributed by atoms with Gasteiger partial charge in [0.15, 0.2) is 0 Å². The second-order valence-corrected chi connectivity index (χ2v) is 5.05. The Morgan fingerprint density at radius 3 is 3.07 bits per heavy atom. The van der Waals surface area contributed by atoms with E-state index >= 15 is 0 Å². The van der Waals surface area contributed by atoms with Gasteiger partial charge in [-0.15, -0.1) is 0 Å². The maximum atomic E-state index is 12.5. The molecule has 0 aromatic rings. The summed E-state index contributed by atoms with van der Waals surface area (Å²) in [5.74, 6) is 0. The maximum absolute atomic E-state index is 12.5. The van der Waals surface area contributed by atoms with Crippen molar-refractivity contribution >= 4 is 0 Å². The van der Waals surface area contributed by atoms with Crippen LogP contribution in [0.25, 0.3) is 0 Å². The Labute approximate surface area is 91.1 Å². The van der Waals surface area contributed by atoms with Gasteiger partial charge in [0.1, 0.15) is 0 Å². The number of halogens is 1. The highest BCUT2D eigenvalue weighted by Gasteiger charge is 2.46. The Kier molecular flexibility index (Phi) is 3.12. The molecule has 0 N–H and O–H groups in total. The fourth-order valence-corrected chi connectivity index (χ4v) is 2.77. The van der Waals surface area contributed by atoms with Gasteiger partial charge in [0.05, 0.1) is 19.0 Å². The van der Waals surface area contributed by atoms with E-state index in [2.05, 4.69) is 18.7 Å². The summed E-state index contributed by atoms with van der Waals surface area (Å²) in [6, 6.07) is 0. The number of ether oxygens (including phenoxy) is 1. The molecule has 0 unspecified atom stereocenters. The Balaban J connectivity index is 2.04. The topological polar surface area (TPSA) is 12.5 Å². The van der Waals surface area contributed by atoms with Gasteiger partial charge in [0.2, 0.25) is 0 Å². The Morgan fingerprint density at radius 1 is 1.60 bits per heavy atom. The second kappa shape index (κ2) is 4.22. The molecule has 2 saturated heterocycles. The largest absolute Gasteiger partial charge is 0.377 e. The summed E-state index contributed by atoms with van der Waals surface area (Å²) in [5, 5.41) is 0. The van der Waals surface area contributed by atoms with Crippen LogP contribution in [0.4, 0.5) is 4.39 Å². The first-order valence-electron chi connectivity index (χ1n) is 5.81. The third-order valence-corrected chi connectivity index (χ3v) is 3.53. The maximum Gasteiger partial charge on any atom is 0.0872 e. The van der Waals surface area contributed by atoms with Gasteiger partial charge >= 0.3 is 0 Å². The molecule has 15 heavy (non-hydrogen) atoms. The fourth-order valence-electron chi connectivity index (χ4n) is 2.77. The van der Waals surface area contributed by atoms with Crippen LogP contribution in [0.2, 0.25) is 0 Å². The molecular weight excluding hydrogens is 193 g/mol. The molecule has 2 fully saturated rings. The van der Waals surface area contributed by atoms with Crippen LogP contribution >= 0.6 is 0 Å². The average molecular weight is 213 g/mol. The van der Waals surface area contributed by atoms with Crippen LogP contribution < -0.4 is 0 Å². The quantitative estimate of drug-likeness (QED) is 0.714. The summed E-state index contributed by atoms with van der Waals surface area (Å²) in [6.45, 7) is 6.76. The van der Waals surface area contributed by atoms with Gasteiger partial charge in [0.25, 0.3) is 0 Å². The normalized spacial score (nSPS) is 34.3. The predicted molar refractivity (Wildman–Crippen MR) is 58.4 cm³/mol. The van der Waals surface area contributed by atoms with Gasteiger partial charge in [0, 0.05) is 12.1 Å². The molecule has 2 rings (SSSR count). The molecule has 86 valence electrons. The van der Waals surface area contributed by atoms with E-state index in [0.29, 0.717) is 0 Å². The lowest BCUT2D eigenvalue weighted by atomic mass is 9.94.